The first-order valence-electron chi connectivity index (χ1n) is 5.93. The lowest BCUT2D eigenvalue weighted by Crippen LogP contribution is -2.06. The molecule has 2 rings (SSSR count). The summed E-state index contributed by atoms with van der Waals surface area (Å²) in [4.78, 5) is 15.2. The lowest BCUT2D eigenvalue weighted by Gasteiger charge is -2.07. The molecule has 1 heterocycles. The smallest absolute Gasteiger partial charge is 0.339 e. The van der Waals surface area contributed by atoms with Crippen molar-refractivity contribution < 1.29 is 22.7 Å². The molecule has 0 amide bonds. The summed E-state index contributed by atoms with van der Waals surface area (Å²) >= 11 is 0. The summed E-state index contributed by atoms with van der Waals surface area (Å²) < 4.78 is 43.4. The van der Waals surface area contributed by atoms with Crippen LogP contribution >= 0.6 is 0 Å². The molecule has 0 aliphatic rings. The Morgan fingerprint density at radius 1 is 1.24 bits per heavy atom. The quantitative estimate of drug-likeness (QED) is 0.696. The highest BCUT2D eigenvalue weighted by atomic mass is 19.2. The van der Waals surface area contributed by atoms with Gasteiger partial charge in [0, 0.05) is 24.0 Å². The molecular formula is C14H11F3N2O2. The Bertz CT molecular complexity index is 637. The number of methoxy groups -OCH3 is 1. The number of halogens is 3. The van der Waals surface area contributed by atoms with Gasteiger partial charge in [0.2, 0.25) is 0 Å². The van der Waals surface area contributed by atoms with Gasteiger partial charge >= 0.3 is 5.97 Å². The Kier molecular flexibility index (Phi) is 4.42. The van der Waals surface area contributed by atoms with E-state index >= 15 is 0 Å². The van der Waals surface area contributed by atoms with Crippen molar-refractivity contribution in [3.8, 4) is 0 Å². The molecule has 0 atom stereocenters. The van der Waals surface area contributed by atoms with Crippen molar-refractivity contribution in [3.05, 3.63) is 59.2 Å². The van der Waals surface area contributed by atoms with E-state index < -0.39 is 23.4 Å². The van der Waals surface area contributed by atoms with Crippen LogP contribution in [-0.4, -0.2) is 18.1 Å². The highest BCUT2D eigenvalue weighted by Gasteiger charge is 2.10. The normalized spacial score (nSPS) is 10.3. The summed E-state index contributed by atoms with van der Waals surface area (Å²) in [5.74, 6) is -4.57. The molecule has 2 aromatic rings. The van der Waals surface area contributed by atoms with Crippen LogP contribution in [0.15, 0.2) is 30.5 Å². The Balaban J connectivity index is 2.05. The molecule has 0 unspecified atom stereocenters. The number of esters is 1. The van der Waals surface area contributed by atoms with Crippen molar-refractivity contribution in [2.45, 2.75) is 6.54 Å². The van der Waals surface area contributed by atoms with E-state index in [-0.39, 0.29) is 12.2 Å². The van der Waals surface area contributed by atoms with Gasteiger partial charge < -0.3 is 10.1 Å². The maximum absolute atomic E-state index is 13.0. The molecule has 4 nitrogen and oxygen atoms in total. The third kappa shape index (κ3) is 3.50. The van der Waals surface area contributed by atoms with Crippen LogP contribution in [0.2, 0.25) is 0 Å². The molecule has 0 fully saturated rings. The number of rotatable bonds is 4. The van der Waals surface area contributed by atoms with E-state index in [0.29, 0.717) is 11.3 Å². The van der Waals surface area contributed by atoms with Gasteiger partial charge in [0.05, 0.1) is 24.9 Å². The van der Waals surface area contributed by atoms with Crippen molar-refractivity contribution in [1.82, 2.24) is 4.98 Å². The fourth-order valence-electron chi connectivity index (χ4n) is 1.62. The second-order valence-corrected chi connectivity index (χ2v) is 4.14. The van der Waals surface area contributed by atoms with E-state index in [9.17, 15) is 18.0 Å². The first kappa shape index (κ1) is 14.8. The standard InChI is InChI=1S/C14H11F3N2O2/c1-21-14(20)8-2-3-9(18-6-8)7-19-10-4-11(15)13(17)12(16)5-10/h2-6,19H,7H2,1H3. The van der Waals surface area contributed by atoms with Gasteiger partial charge in [-0.05, 0) is 12.1 Å². The van der Waals surface area contributed by atoms with Gasteiger partial charge in [0.25, 0.3) is 0 Å². The van der Waals surface area contributed by atoms with Crippen LogP contribution in [0, 0.1) is 17.5 Å². The Hall–Kier alpha value is -2.57. The number of hydrogen-bond acceptors (Lipinski definition) is 4. The molecule has 7 heteroatoms. The SMILES string of the molecule is COC(=O)c1ccc(CNc2cc(F)c(F)c(F)c2)nc1. The van der Waals surface area contributed by atoms with Crippen LogP contribution < -0.4 is 5.32 Å². The summed E-state index contributed by atoms with van der Waals surface area (Å²) in [6.45, 7) is 0.159. The molecule has 0 saturated heterocycles. The number of nitrogens with zero attached hydrogens (tertiary/aromatic N) is 1. The Morgan fingerprint density at radius 2 is 1.90 bits per heavy atom. The van der Waals surface area contributed by atoms with Crippen LogP contribution in [-0.2, 0) is 11.3 Å². The number of hydrogen-bond donors (Lipinski definition) is 1. The highest BCUT2D eigenvalue weighted by molar-refractivity contribution is 5.88. The summed E-state index contributed by atoms with van der Waals surface area (Å²) in [5.41, 5.74) is 0.915. The zero-order valence-electron chi connectivity index (χ0n) is 11.0. The van der Waals surface area contributed by atoms with Gasteiger partial charge in [-0.15, -0.1) is 0 Å². The lowest BCUT2D eigenvalue weighted by atomic mass is 10.2. The van der Waals surface area contributed by atoms with Crippen LogP contribution in [0.1, 0.15) is 16.1 Å². The van der Waals surface area contributed by atoms with E-state index in [1.54, 1.807) is 6.07 Å². The van der Waals surface area contributed by atoms with Gasteiger partial charge in [-0.25, -0.2) is 18.0 Å². The van der Waals surface area contributed by atoms with E-state index in [1.807, 2.05) is 0 Å². The minimum absolute atomic E-state index is 0.0882. The molecule has 0 bridgehead atoms. The Labute approximate surface area is 118 Å². The number of ether oxygens (including phenoxy) is 1. The molecule has 1 aromatic heterocycles. The Morgan fingerprint density at radius 3 is 2.43 bits per heavy atom. The average molecular weight is 296 g/mol. The predicted octanol–water partition coefficient (Wildman–Crippen LogP) is 2.90. The summed E-state index contributed by atoms with van der Waals surface area (Å²) in [6, 6.07) is 4.78. The van der Waals surface area contributed by atoms with Crippen LogP contribution in [0.5, 0.6) is 0 Å². The fourth-order valence-corrected chi connectivity index (χ4v) is 1.62. The third-order valence-electron chi connectivity index (χ3n) is 2.70. The molecule has 0 saturated carbocycles. The van der Waals surface area contributed by atoms with E-state index in [2.05, 4.69) is 15.0 Å². The summed E-state index contributed by atoms with van der Waals surface area (Å²) in [7, 11) is 1.26. The number of anilines is 1. The second kappa shape index (κ2) is 6.25. The number of benzene rings is 1. The van der Waals surface area contributed by atoms with Gasteiger partial charge in [-0.3, -0.25) is 4.98 Å². The number of nitrogens with one attached hydrogen (secondary N) is 1. The topological polar surface area (TPSA) is 51.2 Å². The minimum atomic E-state index is -1.51. The summed E-state index contributed by atoms with van der Waals surface area (Å²) in [5, 5.41) is 2.71. The predicted molar refractivity (Wildman–Crippen MR) is 69.2 cm³/mol. The van der Waals surface area contributed by atoms with Crippen molar-refractivity contribution in [2.24, 2.45) is 0 Å². The zero-order chi connectivity index (χ0) is 15.4. The van der Waals surface area contributed by atoms with Gasteiger partial charge in [-0.1, -0.05) is 0 Å². The zero-order valence-corrected chi connectivity index (χ0v) is 11.0. The molecule has 1 aromatic carbocycles. The fraction of sp³-hybridized carbons (Fsp3) is 0.143. The number of aromatic nitrogens is 1. The molecule has 0 aliphatic carbocycles. The van der Waals surface area contributed by atoms with E-state index in [1.165, 1.54) is 19.4 Å². The van der Waals surface area contributed by atoms with E-state index in [0.717, 1.165) is 12.1 Å². The van der Waals surface area contributed by atoms with Crippen molar-refractivity contribution in [3.63, 3.8) is 0 Å². The van der Waals surface area contributed by atoms with E-state index in [4.69, 9.17) is 0 Å². The van der Waals surface area contributed by atoms with Crippen LogP contribution in [0.3, 0.4) is 0 Å². The third-order valence-corrected chi connectivity index (χ3v) is 2.70. The first-order chi connectivity index (χ1) is 10.0. The van der Waals surface area contributed by atoms with Crippen LogP contribution in [0.4, 0.5) is 18.9 Å². The summed E-state index contributed by atoms with van der Waals surface area (Å²) in [6.07, 6.45) is 1.33. The monoisotopic (exact) mass is 296 g/mol. The molecular weight excluding hydrogens is 285 g/mol. The van der Waals surface area contributed by atoms with Crippen molar-refractivity contribution in [1.29, 1.82) is 0 Å². The molecule has 110 valence electrons. The molecule has 21 heavy (non-hydrogen) atoms. The van der Waals surface area contributed by atoms with Gasteiger partial charge in [-0.2, -0.15) is 0 Å². The maximum atomic E-state index is 13.0. The first-order valence-corrected chi connectivity index (χ1v) is 5.93. The van der Waals surface area contributed by atoms with Gasteiger partial charge in [0.15, 0.2) is 17.5 Å². The van der Waals surface area contributed by atoms with Crippen LogP contribution in [0.25, 0.3) is 0 Å². The molecule has 1 N–H and O–H groups in total. The number of pyridine rings is 1. The van der Waals surface area contributed by atoms with Crippen molar-refractivity contribution >= 4 is 11.7 Å². The van der Waals surface area contributed by atoms with Gasteiger partial charge in [0.1, 0.15) is 0 Å². The molecule has 0 spiro atoms. The number of carbonyl (C=O) groups excluding carboxylic acids is 1. The highest BCUT2D eigenvalue weighted by Crippen LogP contribution is 2.17. The lowest BCUT2D eigenvalue weighted by molar-refractivity contribution is 0.0600. The second-order valence-electron chi connectivity index (χ2n) is 4.14. The number of carbonyl (C=O) groups is 1. The minimum Gasteiger partial charge on any atom is -0.465 e. The largest absolute Gasteiger partial charge is 0.465 e. The maximum Gasteiger partial charge on any atom is 0.339 e. The average Bonchev–Trinajstić information content (AvgIpc) is 2.50. The van der Waals surface area contributed by atoms with Crippen molar-refractivity contribution in [2.75, 3.05) is 12.4 Å². The molecule has 0 aliphatic heterocycles. The molecule has 0 radical (unpaired) electrons.